The highest BCUT2D eigenvalue weighted by Gasteiger charge is 2.14. The van der Waals surface area contributed by atoms with Crippen LogP contribution < -0.4 is 10.1 Å². The van der Waals surface area contributed by atoms with E-state index < -0.39 is 0 Å². The van der Waals surface area contributed by atoms with E-state index in [9.17, 15) is 4.79 Å². The van der Waals surface area contributed by atoms with Crippen molar-refractivity contribution in [2.75, 3.05) is 5.32 Å². The molecule has 1 amide bonds. The highest BCUT2D eigenvalue weighted by molar-refractivity contribution is 7.15. The first-order chi connectivity index (χ1) is 13.1. The number of fused-ring (bicyclic) bond motifs is 1. The highest BCUT2D eigenvalue weighted by Crippen LogP contribution is 2.23. The molecule has 136 valence electrons. The number of anilines is 1. The first-order valence-corrected chi connectivity index (χ1v) is 9.36. The van der Waals surface area contributed by atoms with E-state index in [2.05, 4.69) is 16.4 Å². The topological polar surface area (TPSA) is 64.4 Å². The number of amides is 1. The number of nitrogens with one attached hydrogen (secondary N) is 1. The summed E-state index contributed by atoms with van der Waals surface area (Å²) in [4.78, 5) is 17.7. The van der Waals surface area contributed by atoms with E-state index in [-0.39, 0.29) is 18.3 Å². The molecule has 2 heterocycles. The monoisotopic (exact) mass is 378 g/mol. The molecule has 0 spiro atoms. The molecule has 0 aliphatic rings. The lowest BCUT2D eigenvalue weighted by atomic mass is 10.1. The van der Waals surface area contributed by atoms with Crippen LogP contribution in [-0.4, -0.2) is 10.9 Å². The van der Waals surface area contributed by atoms with Gasteiger partial charge in [0.2, 0.25) is 0 Å². The van der Waals surface area contributed by atoms with Crippen LogP contribution in [0.25, 0.3) is 10.8 Å². The summed E-state index contributed by atoms with van der Waals surface area (Å²) in [7, 11) is 0. The van der Waals surface area contributed by atoms with Crippen molar-refractivity contribution in [3.05, 3.63) is 76.7 Å². The maximum atomic E-state index is 12.3. The molecule has 0 atom stereocenters. The van der Waals surface area contributed by atoms with Gasteiger partial charge in [-0.1, -0.05) is 30.3 Å². The van der Waals surface area contributed by atoms with E-state index in [0.29, 0.717) is 10.9 Å². The zero-order valence-corrected chi connectivity index (χ0v) is 15.8. The molecule has 2 aromatic carbocycles. The van der Waals surface area contributed by atoms with E-state index in [1.807, 2.05) is 50.2 Å². The second-order valence-corrected chi connectivity index (χ2v) is 7.38. The number of hydrogen-bond donors (Lipinski definition) is 1. The Hall–Kier alpha value is -3.12. The third kappa shape index (κ3) is 3.85. The van der Waals surface area contributed by atoms with Crippen LogP contribution in [-0.2, 0) is 6.61 Å². The lowest BCUT2D eigenvalue weighted by molar-refractivity contribution is 0.0992. The van der Waals surface area contributed by atoms with E-state index in [1.165, 1.54) is 11.3 Å². The molecule has 4 rings (SSSR count). The summed E-state index contributed by atoms with van der Waals surface area (Å²) in [5.74, 6) is 1.25. The number of carbonyl (C=O) groups excluding carboxylic acids is 1. The number of ether oxygens (including phenoxy) is 1. The Morgan fingerprint density at radius 1 is 1.11 bits per heavy atom. The van der Waals surface area contributed by atoms with Crippen LogP contribution in [0.5, 0.6) is 5.75 Å². The Labute approximate surface area is 160 Å². The third-order valence-corrected chi connectivity index (χ3v) is 5.22. The molecular weight excluding hydrogens is 360 g/mol. The van der Waals surface area contributed by atoms with Crippen molar-refractivity contribution >= 4 is 33.1 Å². The molecule has 5 nitrogen and oxygen atoms in total. The Morgan fingerprint density at radius 3 is 2.70 bits per heavy atom. The summed E-state index contributed by atoms with van der Waals surface area (Å²) < 4.78 is 11.4. The van der Waals surface area contributed by atoms with E-state index in [4.69, 9.17) is 9.15 Å². The molecule has 4 aromatic rings. The fourth-order valence-electron chi connectivity index (χ4n) is 2.67. The second-order valence-electron chi connectivity index (χ2n) is 6.18. The van der Waals surface area contributed by atoms with Gasteiger partial charge in [0.05, 0.1) is 5.69 Å². The molecule has 27 heavy (non-hydrogen) atoms. The van der Waals surface area contributed by atoms with E-state index in [0.717, 1.165) is 27.1 Å². The van der Waals surface area contributed by atoms with Gasteiger partial charge in [0.15, 0.2) is 10.9 Å². The first-order valence-electron chi connectivity index (χ1n) is 8.54. The van der Waals surface area contributed by atoms with Gasteiger partial charge in [0.1, 0.15) is 18.1 Å². The van der Waals surface area contributed by atoms with Gasteiger partial charge in [-0.25, -0.2) is 4.98 Å². The fourth-order valence-corrected chi connectivity index (χ4v) is 3.48. The van der Waals surface area contributed by atoms with Gasteiger partial charge in [-0.05, 0) is 48.9 Å². The molecule has 6 heteroatoms. The van der Waals surface area contributed by atoms with Crippen molar-refractivity contribution < 1.29 is 13.9 Å². The number of thiazole rings is 1. The molecule has 0 saturated carbocycles. The number of furan rings is 1. The van der Waals surface area contributed by atoms with Gasteiger partial charge in [-0.2, -0.15) is 0 Å². The fraction of sp³-hybridized carbons (Fsp3) is 0.143. The van der Waals surface area contributed by atoms with Crippen molar-refractivity contribution in [3.8, 4) is 5.75 Å². The molecule has 0 unspecified atom stereocenters. The Morgan fingerprint density at radius 2 is 1.93 bits per heavy atom. The van der Waals surface area contributed by atoms with Crippen LogP contribution in [0.15, 0.2) is 59.0 Å². The van der Waals surface area contributed by atoms with Crippen LogP contribution >= 0.6 is 11.3 Å². The maximum absolute atomic E-state index is 12.3. The van der Waals surface area contributed by atoms with Gasteiger partial charge in [-0.15, -0.1) is 11.3 Å². The van der Waals surface area contributed by atoms with Gasteiger partial charge >= 0.3 is 0 Å². The molecule has 1 N–H and O–H groups in total. The maximum Gasteiger partial charge on any atom is 0.293 e. The third-order valence-electron chi connectivity index (χ3n) is 4.24. The van der Waals surface area contributed by atoms with Crippen LogP contribution in [0.2, 0.25) is 0 Å². The minimum absolute atomic E-state index is 0.234. The summed E-state index contributed by atoms with van der Waals surface area (Å²) in [6, 6.07) is 17.4. The van der Waals surface area contributed by atoms with Crippen LogP contribution in [0.1, 0.15) is 26.9 Å². The molecule has 0 bridgehead atoms. The zero-order chi connectivity index (χ0) is 18.8. The van der Waals surface area contributed by atoms with Crippen molar-refractivity contribution in [2.24, 2.45) is 0 Å². The van der Waals surface area contributed by atoms with Crippen molar-refractivity contribution in [1.29, 1.82) is 0 Å². The molecule has 0 saturated heterocycles. The number of nitrogens with zero attached hydrogens (tertiary/aromatic N) is 1. The van der Waals surface area contributed by atoms with Gasteiger partial charge < -0.3 is 9.15 Å². The summed E-state index contributed by atoms with van der Waals surface area (Å²) >= 11 is 1.44. The predicted molar refractivity (Wildman–Crippen MR) is 107 cm³/mol. The van der Waals surface area contributed by atoms with Crippen molar-refractivity contribution in [3.63, 3.8) is 0 Å². The summed E-state index contributed by atoms with van der Waals surface area (Å²) in [6.07, 6.45) is 0. The number of benzene rings is 2. The van der Waals surface area contributed by atoms with Crippen LogP contribution in [0.4, 0.5) is 5.13 Å². The minimum atomic E-state index is -0.319. The van der Waals surface area contributed by atoms with Crippen molar-refractivity contribution in [2.45, 2.75) is 20.5 Å². The standard InChI is InChI=1S/C21H18N2O3S/c1-13-14(2)27-21(22-13)23-20(24)19-10-9-18(26-19)12-25-17-8-7-15-5-3-4-6-16(15)11-17/h3-11H,12H2,1-2H3,(H,22,23,24). The average molecular weight is 378 g/mol. The number of rotatable bonds is 5. The average Bonchev–Trinajstić information content (AvgIpc) is 3.26. The summed E-state index contributed by atoms with van der Waals surface area (Å²) in [5.41, 5.74) is 0.916. The second kappa shape index (κ2) is 7.25. The molecule has 0 aliphatic heterocycles. The number of aromatic nitrogens is 1. The summed E-state index contributed by atoms with van der Waals surface area (Å²) in [6.45, 7) is 4.13. The smallest absolute Gasteiger partial charge is 0.293 e. The van der Waals surface area contributed by atoms with Gasteiger partial charge in [0.25, 0.3) is 5.91 Å². The summed E-state index contributed by atoms with van der Waals surface area (Å²) in [5, 5.41) is 5.61. The number of aryl methyl sites for hydroxylation is 2. The number of hydrogen-bond acceptors (Lipinski definition) is 5. The van der Waals surface area contributed by atoms with Crippen molar-refractivity contribution in [1.82, 2.24) is 4.98 Å². The lowest BCUT2D eigenvalue weighted by Gasteiger charge is -2.05. The van der Waals surface area contributed by atoms with Crippen LogP contribution in [0.3, 0.4) is 0 Å². The highest BCUT2D eigenvalue weighted by atomic mass is 32.1. The lowest BCUT2D eigenvalue weighted by Crippen LogP contribution is -2.10. The van der Waals surface area contributed by atoms with Gasteiger partial charge in [-0.3, -0.25) is 10.1 Å². The van der Waals surface area contributed by atoms with E-state index in [1.54, 1.807) is 12.1 Å². The zero-order valence-electron chi connectivity index (χ0n) is 15.0. The molecule has 0 fully saturated rings. The van der Waals surface area contributed by atoms with Gasteiger partial charge in [0, 0.05) is 4.88 Å². The SMILES string of the molecule is Cc1nc(NC(=O)c2ccc(COc3ccc4ccccc4c3)o2)sc1C. The first kappa shape index (κ1) is 17.3. The normalized spacial score (nSPS) is 10.9. The largest absolute Gasteiger partial charge is 0.486 e. The molecule has 0 radical (unpaired) electrons. The van der Waals surface area contributed by atoms with E-state index >= 15 is 0 Å². The van der Waals surface area contributed by atoms with Crippen LogP contribution in [0, 0.1) is 13.8 Å². The number of carbonyl (C=O) groups is 1. The Bertz CT molecular complexity index is 1090. The minimum Gasteiger partial charge on any atom is -0.486 e. The Balaban J connectivity index is 1.40. The molecule has 0 aliphatic carbocycles. The molecule has 2 aromatic heterocycles. The molecular formula is C21H18N2O3S. The Kier molecular flexibility index (Phi) is 4.64. The predicted octanol–water partition coefficient (Wildman–Crippen LogP) is 5.34. The quantitative estimate of drug-likeness (QED) is 0.509.